The summed E-state index contributed by atoms with van der Waals surface area (Å²) in [7, 11) is 1.68. The highest BCUT2D eigenvalue weighted by Crippen LogP contribution is 2.31. The van der Waals surface area contributed by atoms with E-state index in [-0.39, 0.29) is 0 Å². The summed E-state index contributed by atoms with van der Waals surface area (Å²) in [5.74, 6) is 1.60. The van der Waals surface area contributed by atoms with E-state index in [2.05, 4.69) is 27.0 Å². The van der Waals surface area contributed by atoms with Crippen LogP contribution in [-0.4, -0.2) is 34.6 Å². The lowest BCUT2D eigenvalue weighted by atomic mass is 10.1. The lowest BCUT2D eigenvalue weighted by Gasteiger charge is -2.28. The van der Waals surface area contributed by atoms with Crippen molar-refractivity contribution in [3.8, 4) is 11.5 Å². The first-order valence-corrected chi connectivity index (χ1v) is 9.51. The Kier molecular flexibility index (Phi) is 6.45. The molecule has 0 atom stereocenters. The van der Waals surface area contributed by atoms with Crippen LogP contribution in [0.4, 0.5) is 0 Å². The van der Waals surface area contributed by atoms with Gasteiger partial charge in [0.2, 0.25) is 0 Å². The van der Waals surface area contributed by atoms with Crippen LogP contribution in [0.15, 0.2) is 30.6 Å². The van der Waals surface area contributed by atoms with Gasteiger partial charge >= 0.3 is 0 Å². The maximum absolute atomic E-state index is 5.74. The standard InChI is InChI=1S/C21H29N3O2/c1-4-26-21-11-17(9-10-20(21)25-3)14-24(19-7-5-6-8-19)15-18-13-22-16(2)12-23-18/h9-13,19H,4-8,14-15H2,1-3H3. The Hall–Kier alpha value is -2.14. The van der Waals surface area contributed by atoms with Crippen LogP contribution in [-0.2, 0) is 13.1 Å². The predicted molar refractivity (Wildman–Crippen MR) is 102 cm³/mol. The molecule has 0 N–H and O–H groups in total. The first-order valence-electron chi connectivity index (χ1n) is 9.51. The molecule has 140 valence electrons. The first-order chi connectivity index (χ1) is 12.7. The van der Waals surface area contributed by atoms with E-state index in [0.29, 0.717) is 12.6 Å². The number of rotatable bonds is 8. The van der Waals surface area contributed by atoms with E-state index in [1.165, 1.54) is 31.2 Å². The van der Waals surface area contributed by atoms with Crippen LogP contribution < -0.4 is 9.47 Å². The normalized spacial score (nSPS) is 14.8. The molecule has 0 bridgehead atoms. The minimum Gasteiger partial charge on any atom is -0.493 e. The summed E-state index contributed by atoms with van der Waals surface area (Å²) in [6, 6.07) is 6.84. The maximum atomic E-state index is 5.74. The number of nitrogens with zero attached hydrogens (tertiary/aromatic N) is 3. The van der Waals surface area contributed by atoms with E-state index in [1.807, 2.05) is 32.3 Å². The monoisotopic (exact) mass is 355 g/mol. The summed E-state index contributed by atoms with van der Waals surface area (Å²) >= 11 is 0. The van der Waals surface area contributed by atoms with Gasteiger partial charge in [-0.1, -0.05) is 18.9 Å². The van der Waals surface area contributed by atoms with Crippen molar-refractivity contribution in [1.82, 2.24) is 14.9 Å². The van der Waals surface area contributed by atoms with Crippen molar-refractivity contribution in [3.63, 3.8) is 0 Å². The van der Waals surface area contributed by atoms with Gasteiger partial charge in [0.15, 0.2) is 11.5 Å². The third kappa shape index (κ3) is 4.73. The quantitative estimate of drug-likeness (QED) is 0.712. The Morgan fingerprint density at radius 2 is 1.88 bits per heavy atom. The Balaban J connectivity index is 1.78. The van der Waals surface area contributed by atoms with E-state index in [4.69, 9.17) is 9.47 Å². The lowest BCUT2D eigenvalue weighted by Crippen LogP contribution is -2.32. The van der Waals surface area contributed by atoms with Crippen LogP contribution in [0.2, 0.25) is 0 Å². The first kappa shape index (κ1) is 18.6. The Bertz CT molecular complexity index is 697. The zero-order valence-corrected chi connectivity index (χ0v) is 16.1. The number of hydrogen-bond acceptors (Lipinski definition) is 5. The van der Waals surface area contributed by atoms with Crippen molar-refractivity contribution < 1.29 is 9.47 Å². The maximum Gasteiger partial charge on any atom is 0.161 e. The molecular formula is C21H29N3O2. The van der Waals surface area contributed by atoms with Crippen molar-refractivity contribution in [2.45, 2.75) is 58.7 Å². The van der Waals surface area contributed by atoms with Gasteiger partial charge in [0, 0.05) is 31.5 Å². The van der Waals surface area contributed by atoms with Gasteiger partial charge in [-0.05, 0) is 44.4 Å². The summed E-state index contributed by atoms with van der Waals surface area (Å²) in [6.07, 6.45) is 8.89. The largest absolute Gasteiger partial charge is 0.493 e. The Morgan fingerprint density at radius 3 is 2.54 bits per heavy atom. The molecule has 1 aromatic carbocycles. The van der Waals surface area contributed by atoms with Crippen LogP contribution in [0.25, 0.3) is 0 Å². The van der Waals surface area contributed by atoms with Crippen LogP contribution in [0.3, 0.4) is 0 Å². The lowest BCUT2D eigenvalue weighted by molar-refractivity contribution is 0.178. The molecule has 0 unspecified atom stereocenters. The van der Waals surface area contributed by atoms with E-state index in [1.54, 1.807) is 7.11 Å². The van der Waals surface area contributed by atoms with Crippen LogP contribution in [0.5, 0.6) is 11.5 Å². The number of aryl methyl sites for hydroxylation is 1. The summed E-state index contributed by atoms with van der Waals surface area (Å²) in [6.45, 7) is 6.30. The second-order valence-electron chi connectivity index (χ2n) is 6.91. The molecule has 2 aromatic rings. The summed E-state index contributed by atoms with van der Waals surface area (Å²) in [4.78, 5) is 11.5. The summed E-state index contributed by atoms with van der Waals surface area (Å²) in [5, 5.41) is 0. The molecule has 0 spiro atoms. The molecule has 0 amide bonds. The fraction of sp³-hybridized carbons (Fsp3) is 0.524. The van der Waals surface area contributed by atoms with Gasteiger partial charge < -0.3 is 9.47 Å². The van der Waals surface area contributed by atoms with E-state index < -0.39 is 0 Å². The molecule has 1 saturated carbocycles. The van der Waals surface area contributed by atoms with Gasteiger partial charge in [-0.25, -0.2) is 0 Å². The van der Waals surface area contributed by atoms with E-state index in [0.717, 1.165) is 36.0 Å². The molecule has 1 fully saturated rings. The van der Waals surface area contributed by atoms with Crippen molar-refractivity contribution >= 4 is 0 Å². The number of methoxy groups -OCH3 is 1. The zero-order chi connectivity index (χ0) is 18.4. The van der Waals surface area contributed by atoms with Gasteiger partial charge in [0.1, 0.15) is 0 Å². The van der Waals surface area contributed by atoms with Crippen molar-refractivity contribution in [2.24, 2.45) is 0 Å². The SMILES string of the molecule is CCOc1cc(CN(Cc2cnc(C)cn2)C2CCCC2)ccc1OC. The van der Waals surface area contributed by atoms with Gasteiger partial charge in [-0.15, -0.1) is 0 Å². The number of aromatic nitrogens is 2. The summed E-state index contributed by atoms with van der Waals surface area (Å²) < 4.78 is 11.1. The fourth-order valence-corrected chi connectivity index (χ4v) is 3.61. The second-order valence-corrected chi connectivity index (χ2v) is 6.91. The van der Waals surface area contributed by atoms with Gasteiger partial charge in [0.05, 0.1) is 25.1 Å². The Morgan fingerprint density at radius 1 is 1.08 bits per heavy atom. The van der Waals surface area contributed by atoms with E-state index >= 15 is 0 Å². The highest BCUT2D eigenvalue weighted by Gasteiger charge is 2.23. The van der Waals surface area contributed by atoms with E-state index in [9.17, 15) is 0 Å². The molecule has 0 radical (unpaired) electrons. The van der Waals surface area contributed by atoms with Gasteiger partial charge in [-0.2, -0.15) is 0 Å². The van der Waals surface area contributed by atoms with Crippen LogP contribution in [0.1, 0.15) is 49.6 Å². The second kappa shape index (κ2) is 8.99. The number of benzene rings is 1. The molecule has 0 saturated heterocycles. The predicted octanol–water partition coefficient (Wildman–Crippen LogP) is 4.14. The molecule has 5 heteroatoms. The number of ether oxygens (including phenoxy) is 2. The van der Waals surface area contributed by atoms with Crippen molar-refractivity contribution in [2.75, 3.05) is 13.7 Å². The molecule has 1 aromatic heterocycles. The average molecular weight is 355 g/mol. The summed E-state index contributed by atoms with van der Waals surface area (Å²) in [5.41, 5.74) is 3.22. The molecule has 5 nitrogen and oxygen atoms in total. The highest BCUT2D eigenvalue weighted by atomic mass is 16.5. The van der Waals surface area contributed by atoms with Gasteiger partial charge in [-0.3, -0.25) is 14.9 Å². The molecule has 1 heterocycles. The zero-order valence-electron chi connectivity index (χ0n) is 16.1. The molecule has 26 heavy (non-hydrogen) atoms. The molecule has 1 aliphatic carbocycles. The van der Waals surface area contributed by atoms with Crippen LogP contribution >= 0.6 is 0 Å². The minimum absolute atomic E-state index is 0.607. The van der Waals surface area contributed by atoms with Crippen molar-refractivity contribution in [3.05, 3.63) is 47.5 Å². The fourth-order valence-electron chi connectivity index (χ4n) is 3.61. The smallest absolute Gasteiger partial charge is 0.161 e. The topological polar surface area (TPSA) is 47.5 Å². The third-order valence-electron chi connectivity index (χ3n) is 4.95. The molecular weight excluding hydrogens is 326 g/mol. The Labute approximate surface area is 156 Å². The molecule has 1 aliphatic rings. The van der Waals surface area contributed by atoms with Crippen LogP contribution in [0, 0.1) is 6.92 Å². The molecule has 3 rings (SSSR count). The van der Waals surface area contributed by atoms with Gasteiger partial charge in [0.25, 0.3) is 0 Å². The third-order valence-corrected chi connectivity index (χ3v) is 4.95. The van der Waals surface area contributed by atoms with Crippen molar-refractivity contribution in [1.29, 1.82) is 0 Å². The number of hydrogen-bond donors (Lipinski definition) is 0. The average Bonchev–Trinajstić information content (AvgIpc) is 3.18. The molecule has 0 aliphatic heterocycles. The minimum atomic E-state index is 0.607. The highest BCUT2D eigenvalue weighted by molar-refractivity contribution is 5.43.